The zero-order chi connectivity index (χ0) is 20.5. The average molecular weight is 384 g/mol. The number of hydrogen-bond donors (Lipinski definition) is 1. The van der Waals surface area contributed by atoms with Gasteiger partial charge in [0, 0.05) is 17.4 Å². The van der Waals surface area contributed by atoms with Gasteiger partial charge in [-0.1, -0.05) is 12.1 Å². The Labute approximate surface area is 166 Å². The molecule has 0 aliphatic rings. The molecule has 0 aliphatic carbocycles. The van der Waals surface area contributed by atoms with Crippen LogP contribution in [0.1, 0.15) is 11.1 Å². The van der Waals surface area contributed by atoms with Gasteiger partial charge in [0.05, 0.1) is 55.6 Å². The van der Waals surface area contributed by atoms with Gasteiger partial charge in [0.15, 0.2) is 11.5 Å². The third kappa shape index (κ3) is 3.73. The van der Waals surface area contributed by atoms with Crippen LogP contribution in [0.3, 0.4) is 0 Å². The van der Waals surface area contributed by atoms with Crippen molar-refractivity contribution in [1.29, 1.82) is 0 Å². The number of fused-ring (bicyclic) bond motifs is 3. The molecule has 0 spiro atoms. The summed E-state index contributed by atoms with van der Waals surface area (Å²) in [7, 11) is 11.5. The van der Waals surface area contributed by atoms with Crippen LogP contribution < -0.4 is 14.2 Å². The first kappa shape index (κ1) is 20.2. The van der Waals surface area contributed by atoms with Gasteiger partial charge in [-0.05, 0) is 39.9 Å². The highest BCUT2D eigenvalue weighted by atomic mass is 16.5. The molecular weight excluding hydrogens is 354 g/mol. The van der Waals surface area contributed by atoms with Crippen LogP contribution in [-0.4, -0.2) is 58.6 Å². The zero-order valence-electron chi connectivity index (χ0n) is 17.6. The van der Waals surface area contributed by atoms with E-state index in [-0.39, 0.29) is 6.61 Å². The minimum absolute atomic E-state index is 0.0693. The van der Waals surface area contributed by atoms with E-state index in [4.69, 9.17) is 14.2 Å². The van der Waals surface area contributed by atoms with Crippen LogP contribution in [0.4, 0.5) is 0 Å². The van der Waals surface area contributed by atoms with E-state index in [0.29, 0.717) is 17.2 Å². The van der Waals surface area contributed by atoms with E-state index in [2.05, 4.69) is 39.3 Å². The number of benzene rings is 3. The van der Waals surface area contributed by atoms with E-state index in [1.54, 1.807) is 21.3 Å². The molecular formula is C23H30NO4+. The molecule has 5 nitrogen and oxygen atoms in total. The summed E-state index contributed by atoms with van der Waals surface area (Å²) in [6.07, 6.45) is 0.912. The minimum Gasteiger partial charge on any atom is -0.496 e. The molecule has 0 unspecified atom stereocenters. The van der Waals surface area contributed by atoms with Gasteiger partial charge in [-0.25, -0.2) is 0 Å². The highest BCUT2D eigenvalue weighted by molar-refractivity contribution is 6.13. The number of ether oxygens (including phenoxy) is 3. The van der Waals surface area contributed by atoms with Gasteiger partial charge in [0.2, 0.25) is 0 Å². The number of hydrogen-bond acceptors (Lipinski definition) is 4. The van der Waals surface area contributed by atoms with Crippen molar-refractivity contribution in [1.82, 2.24) is 0 Å². The monoisotopic (exact) mass is 384 g/mol. The first-order chi connectivity index (χ1) is 13.3. The SMILES string of the molecule is COc1cc2ccc3c(CC[N+](C)(C)C)cc(CO)c(OC)c3c2cc1OC. The maximum atomic E-state index is 9.99. The second-order valence-corrected chi connectivity index (χ2v) is 8.07. The molecule has 1 N–H and O–H groups in total. The Hall–Kier alpha value is -2.50. The fourth-order valence-electron chi connectivity index (χ4n) is 3.69. The van der Waals surface area contributed by atoms with E-state index in [0.717, 1.165) is 44.6 Å². The van der Waals surface area contributed by atoms with E-state index in [9.17, 15) is 5.11 Å². The molecule has 5 heteroatoms. The van der Waals surface area contributed by atoms with Crippen LogP contribution in [0, 0.1) is 0 Å². The molecule has 0 saturated heterocycles. The summed E-state index contributed by atoms with van der Waals surface area (Å²) in [5.74, 6) is 2.08. The van der Waals surface area contributed by atoms with Gasteiger partial charge in [-0.3, -0.25) is 0 Å². The number of aliphatic hydroxyl groups is 1. The van der Waals surface area contributed by atoms with Crippen LogP contribution >= 0.6 is 0 Å². The average Bonchev–Trinajstić information content (AvgIpc) is 2.69. The molecule has 0 heterocycles. The topological polar surface area (TPSA) is 47.9 Å². The number of aliphatic hydroxyl groups excluding tert-OH is 1. The Kier molecular flexibility index (Phi) is 5.68. The maximum absolute atomic E-state index is 9.99. The first-order valence-corrected chi connectivity index (χ1v) is 9.41. The molecule has 0 fully saturated rings. The standard InChI is InChI=1S/C23H30NO4/c1-24(2,3)10-9-16-11-17(14-25)23(28-6)22-18(16)8-7-15-12-20(26-4)21(27-5)13-19(15)22/h7-8,11-13,25H,9-10,14H2,1-6H3/q+1. The summed E-state index contributed by atoms with van der Waals surface area (Å²) in [5, 5.41) is 14.2. The molecule has 0 aromatic heterocycles. The lowest BCUT2D eigenvalue weighted by molar-refractivity contribution is -0.870. The van der Waals surface area contributed by atoms with Crippen LogP contribution in [-0.2, 0) is 13.0 Å². The highest BCUT2D eigenvalue weighted by Gasteiger charge is 2.18. The lowest BCUT2D eigenvalue weighted by Gasteiger charge is -2.25. The van der Waals surface area contributed by atoms with Gasteiger partial charge >= 0.3 is 0 Å². The van der Waals surface area contributed by atoms with Crippen molar-refractivity contribution in [2.75, 3.05) is 49.0 Å². The quantitative estimate of drug-likeness (QED) is 0.498. The molecule has 150 valence electrons. The number of methoxy groups -OCH3 is 3. The Bertz CT molecular complexity index is 1010. The summed E-state index contributed by atoms with van der Waals surface area (Å²) < 4.78 is 17.6. The predicted molar refractivity (Wildman–Crippen MR) is 114 cm³/mol. The Morgan fingerprint density at radius 3 is 2.07 bits per heavy atom. The lowest BCUT2D eigenvalue weighted by Crippen LogP contribution is -2.36. The van der Waals surface area contributed by atoms with E-state index >= 15 is 0 Å². The molecule has 3 aromatic rings. The van der Waals surface area contributed by atoms with Crippen LogP contribution in [0.2, 0.25) is 0 Å². The largest absolute Gasteiger partial charge is 0.496 e. The fraction of sp³-hybridized carbons (Fsp3) is 0.391. The fourth-order valence-corrected chi connectivity index (χ4v) is 3.69. The van der Waals surface area contributed by atoms with Gasteiger partial charge in [-0.2, -0.15) is 0 Å². The number of rotatable bonds is 7. The molecule has 0 amide bonds. The number of nitrogens with zero attached hydrogens (tertiary/aromatic N) is 1. The third-order valence-corrected chi connectivity index (χ3v) is 5.16. The van der Waals surface area contributed by atoms with Crippen LogP contribution in [0.15, 0.2) is 30.3 Å². The normalized spacial score (nSPS) is 11.8. The molecule has 28 heavy (non-hydrogen) atoms. The molecule has 3 rings (SSSR count). The van der Waals surface area contributed by atoms with E-state index in [1.165, 1.54) is 5.56 Å². The minimum atomic E-state index is -0.0693. The van der Waals surface area contributed by atoms with Crippen molar-refractivity contribution < 1.29 is 23.8 Å². The van der Waals surface area contributed by atoms with Crippen LogP contribution in [0.25, 0.3) is 21.5 Å². The van der Waals surface area contributed by atoms with Gasteiger partial charge in [0.25, 0.3) is 0 Å². The van der Waals surface area contributed by atoms with Crippen molar-refractivity contribution in [2.45, 2.75) is 13.0 Å². The molecule has 0 radical (unpaired) electrons. The molecule has 0 atom stereocenters. The summed E-state index contributed by atoms with van der Waals surface area (Å²) in [6, 6.07) is 10.3. The van der Waals surface area contributed by atoms with Crippen LogP contribution in [0.5, 0.6) is 17.2 Å². The van der Waals surface area contributed by atoms with Crippen molar-refractivity contribution in [2.24, 2.45) is 0 Å². The van der Waals surface area contributed by atoms with Crippen molar-refractivity contribution >= 4 is 21.5 Å². The lowest BCUT2D eigenvalue weighted by atomic mass is 9.93. The van der Waals surface area contributed by atoms with Crippen molar-refractivity contribution in [3.05, 3.63) is 41.5 Å². The van der Waals surface area contributed by atoms with Crippen molar-refractivity contribution in [3.8, 4) is 17.2 Å². The zero-order valence-corrected chi connectivity index (χ0v) is 17.6. The number of likely N-dealkylation sites (N-methyl/N-ethyl adjacent to an activating group) is 1. The Morgan fingerprint density at radius 1 is 0.821 bits per heavy atom. The summed E-state index contributed by atoms with van der Waals surface area (Å²) in [5.41, 5.74) is 2.01. The molecule has 0 bridgehead atoms. The summed E-state index contributed by atoms with van der Waals surface area (Å²) in [4.78, 5) is 0. The first-order valence-electron chi connectivity index (χ1n) is 9.41. The third-order valence-electron chi connectivity index (χ3n) is 5.16. The van der Waals surface area contributed by atoms with Gasteiger partial charge < -0.3 is 23.8 Å². The van der Waals surface area contributed by atoms with Gasteiger partial charge in [-0.15, -0.1) is 0 Å². The number of quaternary nitrogens is 1. The molecule has 0 aliphatic heterocycles. The molecule has 3 aromatic carbocycles. The van der Waals surface area contributed by atoms with Crippen molar-refractivity contribution in [3.63, 3.8) is 0 Å². The van der Waals surface area contributed by atoms with E-state index in [1.807, 2.05) is 12.1 Å². The summed E-state index contributed by atoms with van der Waals surface area (Å²) in [6.45, 7) is 0.927. The molecule has 0 saturated carbocycles. The second kappa shape index (κ2) is 7.86. The predicted octanol–water partition coefficient (Wildman–Crippen LogP) is 3.76. The highest BCUT2D eigenvalue weighted by Crippen LogP contribution is 2.42. The van der Waals surface area contributed by atoms with E-state index < -0.39 is 0 Å². The smallest absolute Gasteiger partial charge is 0.161 e. The Balaban J connectivity index is 2.37. The van der Waals surface area contributed by atoms with Gasteiger partial charge in [0.1, 0.15) is 5.75 Å². The Morgan fingerprint density at radius 2 is 1.50 bits per heavy atom. The maximum Gasteiger partial charge on any atom is 0.161 e. The second-order valence-electron chi connectivity index (χ2n) is 8.07. The summed E-state index contributed by atoms with van der Waals surface area (Å²) >= 11 is 0.